The summed E-state index contributed by atoms with van der Waals surface area (Å²) in [6.45, 7) is 2.07. The van der Waals surface area contributed by atoms with Crippen LogP contribution < -0.4 is 0 Å². The highest BCUT2D eigenvalue weighted by Crippen LogP contribution is 2.07. The molecule has 0 aromatic heterocycles. The van der Waals surface area contributed by atoms with Gasteiger partial charge in [0, 0.05) is 13.2 Å². The monoisotopic (exact) mass is 344 g/mol. The lowest BCUT2D eigenvalue weighted by atomic mass is 10.1. The summed E-state index contributed by atoms with van der Waals surface area (Å²) in [6.07, 6.45) is 6.97. The van der Waals surface area contributed by atoms with Crippen LogP contribution in [0.25, 0.3) is 0 Å². The normalized spacial score (nSPS) is 14.3. The molecule has 0 spiro atoms. The third-order valence-corrected chi connectivity index (χ3v) is 3.77. The highest BCUT2D eigenvalue weighted by atomic mass is 35.5. The maximum Gasteiger partial charge on any atom is 0.0908 e. The number of ether oxygens (including phenoxy) is 2. The predicted molar refractivity (Wildman–Crippen MR) is 87.4 cm³/mol. The van der Waals surface area contributed by atoms with Crippen molar-refractivity contribution >= 4 is 23.2 Å². The minimum absolute atomic E-state index is 0.231. The highest BCUT2D eigenvalue weighted by Gasteiger charge is 2.01. The number of aliphatic hydroxyl groups is 2. The Morgan fingerprint density at radius 3 is 1.29 bits per heavy atom. The van der Waals surface area contributed by atoms with Gasteiger partial charge in [0.1, 0.15) is 0 Å². The van der Waals surface area contributed by atoms with Crippen LogP contribution in [-0.4, -0.2) is 60.6 Å². The number of aliphatic hydroxyl groups excluding tert-OH is 2. The number of unbranched alkanes of at least 4 members (excludes halogenated alkanes) is 6. The summed E-state index contributed by atoms with van der Waals surface area (Å²) >= 11 is 10.9. The SMILES string of the molecule is OC(CCl)COCCCCCCCCCOCC(O)CCl. The first-order valence-corrected chi connectivity index (χ1v) is 8.91. The molecule has 0 aromatic carbocycles. The van der Waals surface area contributed by atoms with Crippen LogP contribution in [0.4, 0.5) is 0 Å². The van der Waals surface area contributed by atoms with Crippen molar-refractivity contribution in [2.24, 2.45) is 0 Å². The van der Waals surface area contributed by atoms with Crippen molar-refractivity contribution in [2.45, 2.75) is 57.2 Å². The molecule has 2 atom stereocenters. The topological polar surface area (TPSA) is 58.9 Å². The minimum Gasteiger partial charge on any atom is -0.389 e. The molecule has 0 bridgehead atoms. The van der Waals surface area contributed by atoms with E-state index in [1.807, 2.05) is 0 Å². The molecule has 0 saturated heterocycles. The third kappa shape index (κ3) is 16.6. The van der Waals surface area contributed by atoms with Gasteiger partial charge >= 0.3 is 0 Å². The Balaban J connectivity index is 3.03. The van der Waals surface area contributed by atoms with E-state index in [0.717, 1.165) is 25.7 Å². The van der Waals surface area contributed by atoms with Crippen LogP contribution in [-0.2, 0) is 9.47 Å². The Hall–Kier alpha value is 0.420. The van der Waals surface area contributed by atoms with E-state index in [0.29, 0.717) is 26.4 Å². The molecule has 0 fully saturated rings. The van der Waals surface area contributed by atoms with Crippen molar-refractivity contribution in [3.63, 3.8) is 0 Å². The molecule has 0 rings (SSSR count). The van der Waals surface area contributed by atoms with Gasteiger partial charge in [0.2, 0.25) is 0 Å². The highest BCUT2D eigenvalue weighted by molar-refractivity contribution is 6.18. The molecule has 128 valence electrons. The molecule has 0 radical (unpaired) electrons. The van der Waals surface area contributed by atoms with E-state index in [1.54, 1.807) is 0 Å². The Bertz CT molecular complexity index is 188. The van der Waals surface area contributed by atoms with Crippen LogP contribution in [0.2, 0.25) is 0 Å². The number of rotatable bonds is 16. The summed E-state index contributed by atoms with van der Waals surface area (Å²) in [7, 11) is 0. The fourth-order valence-electron chi connectivity index (χ4n) is 1.82. The summed E-state index contributed by atoms with van der Waals surface area (Å²) in [5.41, 5.74) is 0. The van der Waals surface area contributed by atoms with Crippen LogP contribution in [0.1, 0.15) is 44.9 Å². The van der Waals surface area contributed by atoms with Crippen molar-refractivity contribution in [1.82, 2.24) is 0 Å². The van der Waals surface area contributed by atoms with Gasteiger partial charge in [0.25, 0.3) is 0 Å². The first-order valence-electron chi connectivity index (χ1n) is 7.84. The third-order valence-electron chi connectivity index (χ3n) is 3.05. The van der Waals surface area contributed by atoms with Crippen LogP contribution in [0.5, 0.6) is 0 Å². The van der Waals surface area contributed by atoms with Crippen LogP contribution in [0, 0.1) is 0 Å². The summed E-state index contributed by atoms with van der Waals surface area (Å²) < 4.78 is 10.6. The summed E-state index contributed by atoms with van der Waals surface area (Å²) in [6, 6.07) is 0. The molecule has 0 aromatic rings. The molecule has 2 N–H and O–H groups in total. The first kappa shape index (κ1) is 21.4. The Kier molecular flexibility index (Phi) is 17.1. The molecule has 0 aliphatic rings. The second-order valence-electron chi connectivity index (χ2n) is 5.24. The van der Waals surface area contributed by atoms with Crippen LogP contribution in [0.3, 0.4) is 0 Å². The van der Waals surface area contributed by atoms with E-state index in [2.05, 4.69) is 0 Å². The predicted octanol–water partition coefficient (Wildman–Crippen LogP) is 2.95. The number of hydrogen-bond donors (Lipinski definition) is 2. The minimum atomic E-state index is -0.542. The van der Waals surface area contributed by atoms with Gasteiger partial charge in [-0.1, -0.05) is 32.1 Å². The maximum atomic E-state index is 9.18. The Morgan fingerprint density at radius 2 is 0.952 bits per heavy atom. The smallest absolute Gasteiger partial charge is 0.0908 e. The number of hydrogen-bond acceptors (Lipinski definition) is 4. The van der Waals surface area contributed by atoms with Crippen molar-refractivity contribution in [3.05, 3.63) is 0 Å². The van der Waals surface area contributed by atoms with Crippen LogP contribution >= 0.6 is 23.2 Å². The summed E-state index contributed by atoms with van der Waals surface area (Å²) in [5.74, 6) is 0.461. The molecule has 0 aliphatic heterocycles. The molecular weight excluding hydrogens is 315 g/mol. The molecule has 0 heterocycles. The number of halogens is 2. The van der Waals surface area contributed by atoms with Crippen LogP contribution in [0.15, 0.2) is 0 Å². The van der Waals surface area contributed by atoms with Crippen molar-refractivity contribution in [2.75, 3.05) is 38.2 Å². The Morgan fingerprint density at radius 1 is 0.619 bits per heavy atom. The molecular formula is C15H30Cl2O4. The molecule has 21 heavy (non-hydrogen) atoms. The van der Waals surface area contributed by atoms with Gasteiger partial charge in [-0.2, -0.15) is 0 Å². The fraction of sp³-hybridized carbons (Fsp3) is 1.00. The fourth-order valence-corrected chi connectivity index (χ4v) is 2.00. The van der Waals surface area contributed by atoms with Gasteiger partial charge in [-0.05, 0) is 12.8 Å². The van der Waals surface area contributed by atoms with Crippen molar-refractivity contribution in [3.8, 4) is 0 Å². The average molecular weight is 345 g/mol. The van der Waals surface area contributed by atoms with E-state index in [-0.39, 0.29) is 11.8 Å². The first-order chi connectivity index (χ1) is 10.2. The molecule has 4 nitrogen and oxygen atoms in total. The van der Waals surface area contributed by atoms with Gasteiger partial charge in [-0.3, -0.25) is 0 Å². The summed E-state index contributed by atoms with van der Waals surface area (Å²) in [4.78, 5) is 0. The quantitative estimate of drug-likeness (QED) is 0.334. The van der Waals surface area contributed by atoms with E-state index >= 15 is 0 Å². The molecule has 0 amide bonds. The average Bonchev–Trinajstić information content (AvgIpc) is 2.51. The zero-order valence-electron chi connectivity index (χ0n) is 12.8. The molecule has 2 unspecified atom stereocenters. The zero-order chi connectivity index (χ0) is 15.8. The largest absolute Gasteiger partial charge is 0.389 e. The van der Waals surface area contributed by atoms with Gasteiger partial charge in [-0.15, -0.1) is 23.2 Å². The van der Waals surface area contributed by atoms with E-state index < -0.39 is 12.2 Å². The van der Waals surface area contributed by atoms with Crippen molar-refractivity contribution < 1.29 is 19.7 Å². The second kappa shape index (κ2) is 16.8. The standard InChI is InChI=1S/C15H30Cl2O4/c16-10-14(18)12-20-8-6-4-2-1-3-5-7-9-21-13-15(19)11-17/h14-15,18-19H,1-13H2. The van der Waals surface area contributed by atoms with Gasteiger partial charge in [-0.25, -0.2) is 0 Å². The van der Waals surface area contributed by atoms with Gasteiger partial charge in [0.15, 0.2) is 0 Å². The summed E-state index contributed by atoms with van der Waals surface area (Å²) in [5, 5.41) is 18.4. The molecule has 6 heteroatoms. The zero-order valence-corrected chi connectivity index (χ0v) is 14.3. The van der Waals surface area contributed by atoms with E-state index in [1.165, 1.54) is 19.3 Å². The van der Waals surface area contributed by atoms with Crippen molar-refractivity contribution in [1.29, 1.82) is 0 Å². The van der Waals surface area contributed by atoms with Gasteiger partial charge in [0.05, 0.1) is 37.2 Å². The lowest BCUT2D eigenvalue weighted by Gasteiger charge is -2.08. The van der Waals surface area contributed by atoms with E-state index in [4.69, 9.17) is 32.7 Å². The Labute approximate surface area is 138 Å². The van der Waals surface area contributed by atoms with Gasteiger partial charge < -0.3 is 19.7 Å². The second-order valence-corrected chi connectivity index (χ2v) is 5.86. The molecule has 0 saturated carbocycles. The number of alkyl halides is 2. The molecule has 0 aliphatic carbocycles. The lowest BCUT2D eigenvalue weighted by Crippen LogP contribution is -2.17. The lowest BCUT2D eigenvalue weighted by molar-refractivity contribution is 0.0456. The van der Waals surface area contributed by atoms with E-state index in [9.17, 15) is 10.2 Å². The maximum absolute atomic E-state index is 9.18.